The summed E-state index contributed by atoms with van der Waals surface area (Å²) in [7, 11) is 0. The maximum Gasteiger partial charge on any atom is 0.416 e. The van der Waals surface area contributed by atoms with Gasteiger partial charge in [-0.25, -0.2) is 0 Å². The zero-order valence-electron chi connectivity index (χ0n) is 11.7. The van der Waals surface area contributed by atoms with Gasteiger partial charge in [0, 0.05) is 5.92 Å². The Morgan fingerprint density at radius 1 is 1.14 bits per heavy atom. The summed E-state index contributed by atoms with van der Waals surface area (Å²) >= 11 is 0. The third kappa shape index (κ3) is 4.12. The van der Waals surface area contributed by atoms with Crippen molar-refractivity contribution in [1.82, 2.24) is 0 Å². The molecule has 3 nitrogen and oxygen atoms in total. The molecule has 0 bridgehead atoms. The molecule has 0 heterocycles. The highest BCUT2D eigenvalue weighted by Crippen LogP contribution is 2.33. The molecule has 0 unspecified atom stereocenters. The Labute approximate surface area is 121 Å². The number of carbonyl (C=O) groups excluding carboxylic acids is 1. The number of benzene rings is 1. The number of nitrogens with two attached hydrogens (primary N) is 1. The van der Waals surface area contributed by atoms with Crippen LogP contribution in [-0.4, -0.2) is 5.91 Å². The average molecular weight is 300 g/mol. The molecule has 0 spiro atoms. The molecule has 21 heavy (non-hydrogen) atoms. The van der Waals surface area contributed by atoms with Gasteiger partial charge >= 0.3 is 6.18 Å². The Kier molecular flexibility index (Phi) is 4.75. The highest BCUT2D eigenvalue weighted by Gasteiger charge is 2.31. The second-order valence-electron chi connectivity index (χ2n) is 5.48. The summed E-state index contributed by atoms with van der Waals surface area (Å²) in [5.74, 6) is -0.224. The highest BCUT2D eigenvalue weighted by atomic mass is 19.4. The predicted molar refractivity (Wildman–Crippen MR) is 75.7 cm³/mol. The molecule has 1 aliphatic rings. The van der Waals surface area contributed by atoms with Crippen LogP contribution in [0.15, 0.2) is 18.2 Å². The zero-order chi connectivity index (χ0) is 15.5. The van der Waals surface area contributed by atoms with Crippen LogP contribution in [0.3, 0.4) is 0 Å². The van der Waals surface area contributed by atoms with Crippen LogP contribution in [0.25, 0.3) is 0 Å². The van der Waals surface area contributed by atoms with Gasteiger partial charge in [-0.05, 0) is 31.0 Å². The van der Waals surface area contributed by atoms with Gasteiger partial charge in [-0.2, -0.15) is 13.2 Å². The molecule has 1 aromatic rings. The number of alkyl halides is 3. The van der Waals surface area contributed by atoms with Crippen molar-refractivity contribution in [2.75, 3.05) is 11.1 Å². The molecule has 0 saturated heterocycles. The van der Waals surface area contributed by atoms with E-state index in [1.807, 2.05) is 0 Å². The van der Waals surface area contributed by atoms with E-state index in [9.17, 15) is 18.0 Å². The summed E-state index contributed by atoms with van der Waals surface area (Å²) in [5.41, 5.74) is 4.98. The highest BCUT2D eigenvalue weighted by molar-refractivity contribution is 5.95. The van der Waals surface area contributed by atoms with Crippen molar-refractivity contribution in [2.45, 2.75) is 44.7 Å². The van der Waals surface area contributed by atoms with E-state index in [-0.39, 0.29) is 23.2 Å². The Bertz CT molecular complexity index is 506. The molecule has 1 saturated carbocycles. The second-order valence-corrected chi connectivity index (χ2v) is 5.48. The summed E-state index contributed by atoms with van der Waals surface area (Å²) < 4.78 is 37.7. The molecule has 116 valence electrons. The van der Waals surface area contributed by atoms with Crippen molar-refractivity contribution in [3.63, 3.8) is 0 Å². The lowest BCUT2D eigenvalue weighted by molar-refractivity contribution is -0.137. The maximum absolute atomic E-state index is 12.6. The lowest BCUT2D eigenvalue weighted by Crippen LogP contribution is -2.23. The number of rotatable bonds is 2. The van der Waals surface area contributed by atoms with Crippen LogP contribution in [-0.2, 0) is 11.0 Å². The molecular weight excluding hydrogens is 281 g/mol. The quantitative estimate of drug-likeness (QED) is 0.635. The molecule has 0 aliphatic heterocycles. The van der Waals surface area contributed by atoms with Crippen LogP contribution in [0.2, 0.25) is 0 Å². The van der Waals surface area contributed by atoms with Gasteiger partial charge in [0.15, 0.2) is 0 Å². The summed E-state index contributed by atoms with van der Waals surface area (Å²) in [6, 6.07) is 2.99. The SMILES string of the molecule is Nc1cc(C(F)(F)F)ccc1NC(=O)C1CCCCCC1. The summed E-state index contributed by atoms with van der Waals surface area (Å²) in [6.07, 6.45) is 1.51. The van der Waals surface area contributed by atoms with E-state index in [0.29, 0.717) is 0 Å². The minimum atomic E-state index is -4.43. The standard InChI is InChI=1S/C15H19F3N2O/c16-15(17,18)11-7-8-13(12(19)9-11)20-14(21)10-5-3-1-2-4-6-10/h7-10H,1-6,19H2,(H,20,21). The molecule has 1 amide bonds. The van der Waals surface area contributed by atoms with Gasteiger partial charge in [-0.15, -0.1) is 0 Å². The third-order valence-electron chi connectivity index (χ3n) is 3.86. The van der Waals surface area contributed by atoms with Gasteiger partial charge in [-0.3, -0.25) is 4.79 Å². The molecular formula is C15H19F3N2O. The lowest BCUT2D eigenvalue weighted by Gasteiger charge is -2.16. The smallest absolute Gasteiger partial charge is 0.397 e. The van der Waals surface area contributed by atoms with E-state index in [1.54, 1.807) is 0 Å². The van der Waals surface area contributed by atoms with Gasteiger partial charge in [-0.1, -0.05) is 25.7 Å². The van der Waals surface area contributed by atoms with Crippen LogP contribution in [0.4, 0.5) is 24.5 Å². The fourth-order valence-electron chi connectivity index (χ4n) is 2.63. The van der Waals surface area contributed by atoms with Crippen molar-refractivity contribution in [3.05, 3.63) is 23.8 Å². The summed E-state index contributed by atoms with van der Waals surface area (Å²) in [4.78, 5) is 12.2. The van der Waals surface area contributed by atoms with Crippen LogP contribution < -0.4 is 11.1 Å². The Morgan fingerprint density at radius 3 is 2.29 bits per heavy atom. The Morgan fingerprint density at radius 2 is 1.76 bits per heavy atom. The van der Waals surface area contributed by atoms with Gasteiger partial charge in [0.2, 0.25) is 5.91 Å². The number of halogens is 3. The number of carbonyl (C=O) groups is 1. The van der Waals surface area contributed by atoms with E-state index in [1.165, 1.54) is 6.07 Å². The minimum absolute atomic E-state index is 0.0632. The first kappa shape index (κ1) is 15.7. The molecule has 1 aliphatic carbocycles. The first-order valence-corrected chi connectivity index (χ1v) is 7.15. The molecule has 0 atom stereocenters. The average Bonchev–Trinajstić information content (AvgIpc) is 2.68. The van der Waals surface area contributed by atoms with Crippen molar-refractivity contribution in [3.8, 4) is 0 Å². The molecule has 0 aromatic heterocycles. The van der Waals surface area contributed by atoms with Gasteiger partial charge < -0.3 is 11.1 Å². The zero-order valence-corrected chi connectivity index (χ0v) is 11.7. The van der Waals surface area contributed by atoms with E-state index < -0.39 is 11.7 Å². The number of hydrogen-bond donors (Lipinski definition) is 2. The summed E-state index contributed by atoms with van der Waals surface area (Å²) in [5, 5.41) is 2.66. The largest absolute Gasteiger partial charge is 0.416 e. The second kappa shape index (κ2) is 6.37. The van der Waals surface area contributed by atoms with Gasteiger partial charge in [0.1, 0.15) is 0 Å². The first-order valence-electron chi connectivity index (χ1n) is 7.15. The lowest BCUT2D eigenvalue weighted by atomic mass is 9.99. The summed E-state index contributed by atoms with van der Waals surface area (Å²) in [6.45, 7) is 0. The fraction of sp³-hybridized carbons (Fsp3) is 0.533. The molecule has 0 radical (unpaired) electrons. The van der Waals surface area contributed by atoms with Gasteiger partial charge in [0.05, 0.1) is 16.9 Å². The van der Waals surface area contributed by atoms with Crippen LogP contribution in [0.5, 0.6) is 0 Å². The van der Waals surface area contributed by atoms with Crippen LogP contribution in [0.1, 0.15) is 44.1 Å². The minimum Gasteiger partial charge on any atom is -0.397 e. The normalized spacial score (nSPS) is 17.3. The monoisotopic (exact) mass is 300 g/mol. The molecule has 1 aromatic carbocycles. The number of anilines is 2. The molecule has 2 rings (SSSR count). The van der Waals surface area contributed by atoms with Crippen LogP contribution >= 0.6 is 0 Å². The molecule has 3 N–H and O–H groups in total. The number of amides is 1. The van der Waals surface area contributed by atoms with E-state index in [2.05, 4.69) is 5.32 Å². The van der Waals surface area contributed by atoms with E-state index in [0.717, 1.165) is 50.7 Å². The number of hydrogen-bond acceptors (Lipinski definition) is 2. The Hall–Kier alpha value is -1.72. The van der Waals surface area contributed by atoms with Crippen LogP contribution in [0, 0.1) is 5.92 Å². The topological polar surface area (TPSA) is 55.1 Å². The number of nitrogen functional groups attached to an aromatic ring is 1. The number of nitrogens with one attached hydrogen (secondary N) is 1. The molecule has 6 heteroatoms. The third-order valence-corrected chi connectivity index (χ3v) is 3.86. The fourth-order valence-corrected chi connectivity index (χ4v) is 2.63. The molecule has 1 fully saturated rings. The van der Waals surface area contributed by atoms with Crippen molar-refractivity contribution < 1.29 is 18.0 Å². The van der Waals surface area contributed by atoms with Crippen molar-refractivity contribution >= 4 is 17.3 Å². The van der Waals surface area contributed by atoms with E-state index >= 15 is 0 Å². The van der Waals surface area contributed by atoms with Crippen molar-refractivity contribution in [2.24, 2.45) is 5.92 Å². The van der Waals surface area contributed by atoms with Crippen molar-refractivity contribution in [1.29, 1.82) is 0 Å². The Balaban J connectivity index is 2.07. The first-order chi connectivity index (χ1) is 9.88. The maximum atomic E-state index is 12.6. The predicted octanol–water partition coefficient (Wildman–Crippen LogP) is 4.20. The van der Waals surface area contributed by atoms with Gasteiger partial charge in [0.25, 0.3) is 0 Å². The van der Waals surface area contributed by atoms with E-state index in [4.69, 9.17) is 5.73 Å².